The normalized spacial score (nSPS) is 23.8. The van der Waals surface area contributed by atoms with Crippen molar-refractivity contribution in [2.24, 2.45) is 21.7 Å². The van der Waals surface area contributed by atoms with Crippen molar-refractivity contribution in [2.45, 2.75) is 229 Å². The third-order valence-electron chi connectivity index (χ3n) is 28.2. The van der Waals surface area contributed by atoms with E-state index in [1.165, 1.54) is 98.5 Å². The van der Waals surface area contributed by atoms with E-state index in [9.17, 15) is 82.1 Å². The van der Waals surface area contributed by atoms with E-state index in [1.54, 1.807) is 58.3 Å². The first-order valence-electron chi connectivity index (χ1n) is 43.2. The third-order valence-corrected chi connectivity index (χ3v) is 39.8. The van der Waals surface area contributed by atoms with Gasteiger partial charge in [-0.05, 0) is 374 Å². The Hall–Kier alpha value is -8.95. The Balaban J connectivity index is 0.000000144. The Morgan fingerprint density at radius 2 is 0.619 bits per heavy atom. The summed E-state index contributed by atoms with van der Waals surface area (Å²) in [6.07, 6.45) is 16.3. The second-order valence-electron chi connectivity index (χ2n) is 35.6. The topological polar surface area (TPSA) is 453 Å². The number of amides is 4. The molecule has 4 heterocycles. The second-order valence-corrected chi connectivity index (χ2v) is 46.6. The number of benzene rings is 7. The van der Waals surface area contributed by atoms with Crippen LogP contribution in [0.15, 0.2) is 205 Å². The molecule has 5 saturated carbocycles. The van der Waals surface area contributed by atoms with Crippen molar-refractivity contribution in [3.63, 3.8) is 0 Å². The van der Waals surface area contributed by atoms with Gasteiger partial charge in [-0.1, -0.05) is 54.4 Å². The van der Waals surface area contributed by atoms with Crippen LogP contribution in [0.1, 0.15) is 172 Å². The summed E-state index contributed by atoms with van der Waals surface area (Å²) in [5, 5.41) is 50.7. The molecule has 4 spiro atoms. The molecule has 9 aliphatic rings. The first-order valence-corrected chi connectivity index (χ1v) is 50.6. The van der Waals surface area contributed by atoms with Crippen LogP contribution in [0.3, 0.4) is 0 Å². The minimum absolute atomic E-state index is 0.0451. The van der Waals surface area contributed by atoms with Gasteiger partial charge in [-0.3, -0.25) is 40.0 Å². The van der Waals surface area contributed by atoms with Crippen LogP contribution in [0.4, 0.5) is 0 Å². The maximum Gasteiger partial charge on any atom is 0.265 e. The van der Waals surface area contributed by atoms with Crippen LogP contribution in [-0.2, 0) is 75.0 Å². The lowest BCUT2D eigenvalue weighted by atomic mass is 9.77. The van der Waals surface area contributed by atoms with Gasteiger partial charge < -0.3 is 40.2 Å². The molecule has 5 aliphatic carbocycles. The van der Waals surface area contributed by atoms with E-state index >= 15 is 0 Å². The predicted molar refractivity (Wildman–Crippen MR) is 467 cm³/mol. The molecule has 7 aromatic carbocycles. The Morgan fingerprint density at radius 3 is 0.937 bits per heavy atom. The van der Waals surface area contributed by atoms with Crippen molar-refractivity contribution < 1.29 is 101 Å². The van der Waals surface area contributed by atoms with Crippen molar-refractivity contribution in [1.82, 2.24) is 43.2 Å². The average Bonchev–Trinajstić information content (AvgIpc) is 1.63. The lowest BCUT2D eigenvalue weighted by molar-refractivity contribution is -0.132. The molecule has 0 bridgehead atoms. The monoisotopic (exact) mass is 1830 g/mol. The second kappa shape index (κ2) is 39.2. The number of hydrogen-bond acceptors (Lipinski definition) is 26. The summed E-state index contributed by atoms with van der Waals surface area (Å²) >= 11 is 0. The number of ether oxygens (including phenoxy) is 4. The van der Waals surface area contributed by atoms with E-state index in [2.05, 4.69) is 21.3 Å². The molecule has 12 N–H and O–H groups in total. The van der Waals surface area contributed by atoms with Crippen LogP contribution in [0.5, 0.6) is 28.7 Å². The summed E-state index contributed by atoms with van der Waals surface area (Å²) in [7, 11) is -18.7. The number of nitrogens with one attached hydrogen (secondary N) is 8. The van der Waals surface area contributed by atoms with Gasteiger partial charge in [0.05, 0.1) is 42.6 Å². The van der Waals surface area contributed by atoms with Gasteiger partial charge in [0, 0.05) is 0 Å². The Kier molecular flexibility index (Phi) is 29.4. The number of aryl methyl sites for hydroxylation is 1. The van der Waals surface area contributed by atoms with Gasteiger partial charge >= 0.3 is 0 Å². The van der Waals surface area contributed by atoms with Crippen LogP contribution < -0.4 is 62.1 Å². The van der Waals surface area contributed by atoms with Gasteiger partial charge in [-0.2, -0.15) is 0 Å². The van der Waals surface area contributed by atoms with E-state index in [1.807, 2.05) is 61.5 Å². The molecule has 0 aromatic heterocycles. The highest BCUT2D eigenvalue weighted by Gasteiger charge is 2.65. The SMILES string of the molecule is COc1ccc(S(=O)(=O)c2ccc(S(=O)(=O)C3(C(=O)NO)CCC4(CCNCC4)C3)cc2)cc1.Cc1ccc(Oc2ccc(S(=O)(=O)C3(C(=O)NO)CCC4(CCNCC4)C3)cc2)cc1.O=C(NO)C1(S(=O)(=O)c2ccc(OC3CCCCC3)cc2)CCC2(CCNCC2)C1.O=C(NO)C1(S(=O)(=O)c2ccc(OCc3ccccc3)cc2)CCC2(CCNCC2)C1. The number of carbonyl (C=O) groups excluding carboxylic acids is 4. The molecular formula is C91H116N8O22S5. The summed E-state index contributed by atoms with van der Waals surface area (Å²) < 4.78 is 151. The van der Waals surface area contributed by atoms with Crippen molar-refractivity contribution in [1.29, 1.82) is 0 Å². The van der Waals surface area contributed by atoms with Crippen LogP contribution in [-0.4, -0.2) is 171 Å². The Labute approximate surface area is 737 Å². The van der Waals surface area contributed by atoms with Gasteiger partial charge in [0.1, 0.15) is 35.4 Å². The van der Waals surface area contributed by atoms with Crippen molar-refractivity contribution in [3.8, 4) is 28.7 Å². The molecule has 35 heteroatoms. The molecule has 9 fully saturated rings. The molecule has 0 radical (unpaired) electrons. The molecule has 4 amide bonds. The van der Waals surface area contributed by atoms with E-state index < -0.39 is 91.8 Å². The smallest absolute Gasteiger partial charge is 0.265 e. The van der Waals surface area contributed by atoms with Crippen molar-refractivity contribution in [2.75, 3.05) is 59.5 Å². The standard InChI is InChI=1S/C23H28N2O7S2.2C23H28N2O5S.C22H32N2O5S/c1-32-17-2-4-18(5-3-17)33(28,29)19-6-8-20(9-7-19)34(30,31)23(21(26)25-27)11-10-22(16-23)12-14-24-15-13-22;1-17-2-4-18(5-3-17)30-19-6-8-20(9-7-19)31(28,29)23(21(26)25-27)11-10-22(16-23)12-14-24-15-13-22;26-21(25-27)23(11-10-22(17-23)12-14-24-15-13-22)31(28,29)20-8-6-19(7-9-20)30-16-18-4-2-1-3-5-18;25-20(24-26)22(11-10-21(16-22)12-14-23-15-13-21)30(27,28)19-8-6-18(7-9-19)29-17-4-2-1-3-5-17/h2-9,24,27H,10-16H2,1H3,(H,25,26);2-9,24,27H,10-16H2,1H3,(H,25,26);1-9,24,27H,10-17H2,(H,25,26);6-9,17,23,26H,1-5,10-16H2,(H,24,25). The fourth-order valence-electron chi connectivity index (χ4n) is 20.7. The summed E-state index contributed by atoms with van der Waals surface area (Å²) in [6, 6.07) is 46.7. The summed E-state index contributed by atoms with van der Waals surface area (Å²) in [5.41, 5.74) is 7.78. The van der Waals surface area contributed by atoms with Crippen LogP contribution in [0, 0.1) is 28.6 Å². The molecule has 126 heavy (non-hydrogen) atoms. The average molecular weight is 1830 g/mol. The zero-order chi connectivity index (χ0) is 89.9. The number of sulfone groups is 5. The van der Waals surface area contributed by atoms with E-state index in [4.69, 9.17) is 18.9 Å². The highest BCUT2D eigenvalue weighted by Crippen LogP contribution is 2.59. The quantitative estimate of drug-likeness (QED) is 0.0221. The Morgan fingerprint density at radius 1 is 0.341 bits per heavy atom. The van der Waals surface area contributed by atoms with E-state index in [0.717, 1.165) is 141 Å². The number of piperidine rings is 4. The van der Waals surface area contributed by atoms with Gasteiger partial charge in [0.25, 0.3) is 23.6 Å². The van der Waals surface area contributed by atoms with Crippen LogP contribution in [0.25, 0.3) is 0 Å². The highest BCUT2D eigenvalue weighted by atomic mass is 32.2. The molecule has 4 unspecified atom stereocenters. The van der Waals surface area contributed by atoms with Gasteiger partial charge in [0.15, 0.2) is 58.3 Å². The maximum absolute atomic E-state index is 13.7. The third kappa shape index (κ3) is 19.4. The highest BCUT2D eigenvalue weighted by molar-refractivity contribution is 7.94. The van der Waals surface area contributed by atoms with Crippen LogP contribution >= 0.6 is 0 Å². The zero-order valence-corrected chi connectivity index (χ0v) is 75.1. The van der Waals surface area contributed by atoms with Gasteiger partial charge in [0.2, 0.25) is 9.84 Å². The summed E-state index contributed by atoms with van der Waals surface area (Å²) in [4.78, 5) is 51.0. The largest absolute Gasteiger partial charge is 0.497 e. The van der Waals surface area contributed by atoms with Crippen LogP contribution in [0.2, 0.25) is 0 Å². The molecule has 682 valence electrons. The number of carbonyl (C=O) groups is 4. The zero-order valence-electron chi connectivity index (χ0n) is 71.0. The van der Waals surface area contributed by atoms with Crippen molar-refractivity contribution >= 4 is 72.8 Å². The fourth-order valence-corrected chi connectivity index (χ4v) is 30.3. The minimum atomic E-state index is -4.23. The first-order chi connectivity index (χ1) is 60.2. The molecule has 4 atom stereocenters. The lowest BCUT2D eigenvalue weighted by Crippen LogP contribution is -2.51. The number of hydroxylamine groups is 4. The van der Waals surface area contributed by atoms with E-state index in [0.29, 0.717) is 61.0 Å². The molecule has 16 rings (SSSR count). The number of methoxy groups -OCH3 is 1. The number of hydrogen-bond donors (Lipinski definition) is 12. The van der Waals surface area contributed by atoms with Gasteiger partial charge in [-0.15, -0.1) is 0 Å². The Bertz CT molecular complexity index is 5560. The molecule has 30 nitrogen and oxygen atoms in total. The summed E-state index contributed by atoms with van der Waals surface area (Å²) in [5.74, 6) is -0.581. The summed E-state index contributed by atoms with van der Waals surface area (Å²) in [6.45, 7) is 8.73. The first kappa shape index (κ1) is 94.7. The van der Waals surface area contributed by atoms with Crippen molar-refractivity contribution in [3.05, 3.63) is 187 Å². The fraction of sp³-hybridized carbons (Fsp3) is 0.495. The molecular weight excluding hydrogens is 1720 g/mol. The number of rotatable bonds is 22. The lowest BCUT2D eigenvalue weighted by Gasteiger charge is -2.36. The molecule has 7 aromatic rings. The predicted octanol–water partition coefficient (Wildman–Crippen LogP) is 11.3. The van der Waals surface area contributed by atoms with E-state index in [-0.39, 0.29) is 109 Å². The maximum atomic E-state index is 13.7. The molecule has 4 saturated heterocycles. The molecule has 4 aliphatic heterocycles. The van der Waals surface area contributed by atoms with Gasteiger partial charge in [-0.25, -0.2) is 64.0 Å². The minimum Gasteiger partial charge on any atom is -0.497 e.